The third-order valence-corrected chi connectivity index (χ3v) is 3.11. The van der Waals surface area contributed by atoms with Crippen LogP contribution in [0.2, 0.25) is 5.02 Å². The number of nitrogens with zero attached hydrogens (tertiary/aromatic N) is 2. The lowest BCUT2D eigenvalue weighted by atomic mass is 10.1. The Balaban J connectivity index is 2.57. The maximum atomic E-state index is 6.19. The van der Waals surface area contributed by atoms with Gasteiger partial charge >= 0.3 is 0 Å². The minimum Gasteiger partial charge on any atom is -0.316 e. The largest absolute Gasteiger partial charge is 0.316 e. The van der Waals surface area contributed by atoms with E-state index in [1.807, 2.05) is 4.68 Å². The van der Waals surface area contributed by atoms with Crippen LogP contribution in [0.4, 0.5) is 0 Å². The molecule has 17 heavy (non-hydrogen) atoms. The Morgan fingerprint density at radius 2 is 2.12 bits per heavy atom. The van der Waals surface area contributed by atoms with Crippen molar-refractivity contribution in [3.8, 4) is 0 Å². The second kappa shape index (κ2) is 7.02. The predicted molar refractivity (Wildman–Crippen MR) is 73.7 cm³/mol. The number of nitrogens with one attached hydrogen (secondary N) is 1. The van der Waals surface area contributed by atoms with Crippen molar-refractivity contribution < 1.29 is 0 Å². The average Bonchev–Trinajstić information content (AvgIpc) is 2.61. The highest BCUT2D eigenvalue weighted by Gasteiger charge is 2.14. The normalized spacial score (nSPS) is 13.3. The van der Waals surface area contributed by atoms with Crippen LogP contribution < -0.4 is 5.32 Å². The number of aromatic nitrogens is 2. The van der Waals surface area contributed by atoms with Gasteiger partial charge in [-0.3, -0.25) is 4.68 Å². The van der Waals surface area contributed by atoms with Crippen molar-refractivity contribution in [3.05, 3.63) is 16.9 Å². The maximum Gasteiger partial charge on any atom is 0.0818 e. The molecule has 0 saturated heterocycles. The van der Waals surface area contributed by atoms with E-state index in [0.717, 1.165) is 30.2 Å². The summed E-state index contributed by atoms with van der Waals surface area (Å²) in [6.45, 7) is 10.8. The fraction of sp³-hybridized carbons (Fsp3) is 0.769. The molecule has 0 bridgehead atoms. The molecule has 1 N–H and O–H groups in total. The van der Waals surface area contributed by atoms with Gasteiger partial charge in [-0.25, -0.2) is 0 Å². The van der Waals surface area contributed by atoms with Crippen LogP contribution in [0.25, 0.3) is 0 Å². The van der Waals surface area contributed by atoms with Gasteiger partial charge in [0, 0.05) is 6.04 Å². The third-order valence-electron chi connectivity index (χ3n) is 2.80. The van der Waals surface area contributed by atoms with Crippen LogP contribution in [-0.4, -0.2) is 22.9 Å². The molecule has 0 radical (unpaired) electrons. The zero-order valence-electron chi connectivity index (χ0n) is 11.3. The second-order valence-corrected chi connectivity index (χ2v) is 5.40. The van der Waals surface area contributed by atoms with Crippen molar-refractivity contribution in [2.24, 2.45) is 5.92 Å². The molecule has 0 aromatic carbocycles. The number of hydrogen-bond acceptors (Lipinski definition) is 2. The van der Waals surface area contributed by atoms with E-state index in [4.69, 9.17) is 11.6 Å². The van der Waals surface area contributed by atoms with Crippen molar-refractivity contribution in [2.75, 3.05) is 13.1 Å². The molecule has 1 heterocycles. The molecule has 0 spiro atoms. The molecule has 1 aromatic rings. The minimum absolute atomic E-state index is 0.369. The molecule has 98 valence electrons. The maximum absolute atomic E-state index is 6.19. The van der Waals surface area contributed by atoms with Crippen molar-refractivity contribution in [3.63, 3.8) is 0 Å². The van der Waals surface area contributed by atoms with Gasteiger partial charge < -0.3 is 5.32 Å². The van der Waals surface area contributed by atoms with Crippen LogP contribution in [0.5, 0.6) is 0 Å². The molecule has 1 rings (SSSR count). The Bertz CT molecular complexity index is 333. The molecular formula is C13H24ClN3. The Morgan fingerprint density at radius 3 is 2.71 bits per heavy atom. The molecule has 0 aliphatic heterocycles. The first-order valence-electron chi connectivity index (χ1n) is 6.48. The second-order valence-electron chi connectivity index (χ2n) is 4.99. The summed E-state index contributed by atoms with van der Waals surface area (Å²) < 4.78 is 2.03. The van der Waals surface area contributed by atoms with Gasteiger partial charge in [0.1, 0.15) is 0 Å². The standard InChI is InChI=1S/C13H24ClN3/c1-5-6-15-8-11(4)7-13-12(14)9-16-17(13)10(2)3/h9-11,15H,5-8H2,1-4H3. The van der Waals surface area contributed by atoms with Gasteiger partial charge in [-0.15, -0.1) is 0 Å². The van der Waals surface area contributed by atoms with Gasteiger partial charge in [0.05, 0.1) is 16.9 Å². The molecule has 1 atom stereocenters. The lowest BCUT2D eigenvalue weighted by Gasteiger charge is -2.16. The summed E-state index contributed by atoms with van der Waals surface area (Å²) in [6, 6.07) is 0.369. The van der Waals surface area contributed by atoms with E-state index in [2.05, 4.69) is 38.1 Å². The Kier molecular flexibility index (Phi) is 6.00. The zero-order chi connectivity index (χ0) is 12.8. The van der Waals surface area contributed by atoms with Gasteiger partial charge in [-0.05, 0) is 45.7 Å². The van der Waals surface area contributed by atoms with Crippen LogP contribution in [-0.2, 0) is 6.42 Å². The topological polar surface area (TPSA) is 29.9 Å². The van der Waals surface area contributed by atoms with Gasteiger partial charge in [-0.2, -0.15) is 5.10 Å². The van der Waals surface area contributed by atoms with Gasteiger partial charge in [0.25, 0.3) is 0 Å². The lowest BCUT2D eigenvalue weighted by molar-refractivity contribution is 0.459. The first-order chi connectivity index (χ1) is 8.06. The molecule has 1 aromatic heterocycles. The molecule has 0 amide bonds. The van der Waals surface area contributed by atoms with E-state index in [-0.39, 0.29) is 0 Å². The highest BCUT2D eigenvalue weighted by atomic mass is 35.5. The summed E-state index contributed by atoms with van der Waals surface area (Å²) in [4.78, 5) is 0. The van der Waals surface area contributed by atoms with E-state index >= 15 is 0 Å². The van der Waals surface area contributed by atoms with Crippen molar-refractivity contribution in [1.29, 1.82) is 0 Å². The smallest absolute Gasteiger partial charge is 0.0818 e. The fourth-order valence-electron chi connectivity index (χ4n) is 1.93. The highest BCUT2D eigenvalue weighted by molar-refractivity contribution is 6.31. The van der Waals surface area contributed by atoms with E-state index in [0.29, 0.717) is 12.0 Å². The summed E-state index contributed by atoms with van der Waals surface area (Å²) >= 11 is 6.19. The monoisotopic (exact) mass is 257 g/mol. The zero-order valence-corrected chi connectivity index (χ0v) is 12.1. The van der Waals surface area contributed by atoms with E-state index in [9.17, 15) is 0 Å². The summed E-state index contributed by atoms with van der Waals surface area (Å²) in [7, 11) is 0. The van der Waals surface area contributed by atoms with Crippen molar-refractivity contribution in [2.45, 2.75) is 46.6 Å². The number of rotatable bonds is 7. The molecule has 0 aliphatic rings. The van der Waals surface area contributed by atoms with Crippen LogP contribution in [0, 0.1) is 5.92 Å². The SMILES string of the molecule is CCCNCC(C)Cc1c(Cl)cnn1C(C)C. The van der Waals surface area contributed by atoms with Crippen LogP contribution in [0.1, 0.15) is 45.9 Å². The average molecular weight is 258 g/mol. The predicted octanol–water partition coefficient (Wildman–Crippen LogP) is 3.30. The molecule has 0 fully saturated rings. The van der Waals surface area contributed by atoms with Crippen LogP contribution >= 0.6 is 11.6 Å². The molecule has 3 nitrogen and oxygen atoms in total. The number of halogens is 1. The fourth-order valence-corrected chi connectivity index (χ4v) is 2.14. The summed E-state index contributed by atoms with van der Waals surface area (Å²) in [5, 5.41) is 8.56. The molecular weight excluding hydrogens is 234 g/mol. The molecule has 0 saturated carbocycles. The van der Waals surface area contributed by atoms with E-state index in [1.54, 1.807) is 6.20 Å². The summed E-state index contributed by atoms with van der Waals surface area (Å²) in [6.07, 6.45) is 3.91. The highest BCUT2D eigenvalue weighted by Crippen LogP contribution is 2.21. The molecule has 1 unspecified atom stereocenters. The molecule has 0 aliphatic carbocycles. The summed E-state index contributed by atoms with van der Waals surface area (Å²) in [5.74, 6) is 0.577. The number of hydrogen-bond donors (Lipinski definition) is 1. The lowest BCUT2D eigenvalue weighted by Crippen LogP contribution is -2.24. The van der Waals surface area contributed by atoms with Crippen LogP contribution in [0.15, 0.2) is 6.20 Å². The van der Waals surface area contributed by atoms with E-state index < -0.39 is 0 Å². The third kappa shape index (κ3) is 4.32. The van der Waals surface area contributed by atoms with E-state index in [1.165, 1.54) is 6.42 Å². The van der Waals surface area contributed by atoms with Gasteiger partial charge in [0.15, 0.2) is 0 Å². The van der Waals surface area contributed by atoms with Gasteiger partial charge in [-0.1, -0.05) is 25.4 Å². The Hall–Kier alpha value is -0.540. The summed E-state index contributed by atoms with van der Waals surface area (Å²) in [5.41, 5.74) is 1.16. The van der Waals surface area contributed by atoms with Crippen molar-refractivity contribution in [1.82, 2.24) is 15.1 Å². The first-order valence-corrected chi connectivity index (χ1v) is 6.86. The quantitative estimate of drug-likeness (QED) is 0.760. The van der Waals surface area contributed by atoms with Gasteiger partial charge in [0.2, 0.25) is 0 Å². The molecule has 4 heteroatoms. The van der Waals surface area contributed by atoms with Crippen molar-refractivity contribution >= 4 is 11.6 Å². The first kappa shape index (κ1) is 14.5. The Morgan fingerprint density at radius 1 is 1.41 bits per heavy atom. The minimum atomic E-state index is 0.369. The Labute approximate surface area is 110 Å². The van der Waals surface area contributed by atoms with Crippen LogP contribution in [0.3, 0.4) is 0 Å².